The number of benzene rings is 1. The quantitative estimate of drug-likeness (QED) is 0.815. The summed E-state index contributed by atoms with van der Waals surface area (Å²) in [6, 6.07) is 4.97. The fourth-order valence-corrected chi connectivity index (χ4v) is 2.49. The van der Waals surface area contributed by atoms with Gasteiger partial charge in [-0.1, -0.05) is 40.9 Å². The zero-order valence-electron chi connectivity index (χ0n) is 11.6. The summed E-state index contributed by atoms with van der Waals surface area (Å²) in [6.07, 6.45) is 1.22. The first kappa shape index (κ1) is 17.0. The molecule has 0 aliphatic rings. The number of amides is 1. The molecular formula is C14H17BrClNO3. The van der Waals surface area contributed by atoms with Crippen molar-refractivity contribution in [2.24, 2.45) is 0 Å². The Balaban J connectivity index is 3.02. The molecule has 4 nitrogen and oxygen atoms in total. The van der Waals surface area contributed by atoms with Crippen molar-refractivity contribution >= 4 is 39.4 Å². The summed E-state index contributed by atoms with van der Waals surface area (Å²) >= 11 is 9.30. The third kappa shape index (κ3) is 3.96. The average Bonchev–Trinajstić information content (AvgIpc) is 2.40. The van der Waals surface area contributed by atoms with Gasteiger partial charge in [0.2, 0.25) is 0 Å². The van der Waals surface area contributed by atoms with Crippen LogP contribution in [0.4, 0.5) is 0 Å². The molecule has 1 amide bonds. The second-order valence-electron chi connectivity index (χ2n) is 4.65. The van der Waals surface area contributed by atoms with Gasteiger partial charge in [0.25, 0.3) is 5.91 Å². The first-order chi connectivity index (χ1) is 9.34. The lowest BCUT2D eigenvalue weighted by Gasteiger charge is -2.27. The monoisotopic (exact) mass is 361 g/mol. The van der Waals surface area contributed by atoms with E-state index in [1.165, 1.54) is 7.11 Å². The number of halogens is 2. The summed E-state index contributed by atoms with van der Waals surface area (Å²) in [7, 11) is 1.30. The molecule has 0 aliphatic heterocycles. The van der Waals surface area contributed by atoms with Gasteiger partial charge in [0.15, 0.2) is 0 Å². The molecule has 0 aliphatic carbocycles. The van der Waals surface area contributed by atoms with Crippen LogP contribution in [0, 0.1) is 0 Å². The fourth-order valence-electron chi connectivity index (χ4n) is 1.93. The number of rotatable bonds is 5. The smallest absolute Gasteiger partial charge is 0.331 e. The summed E-state index contributed by atoms with van der Waals surface area (Å²) in [5, 5.41) is 3.04. The summed E-state index contributed by atoms with van der Waals surface area (Å²) < 4.78 is 5.50. The molecule has 110 valence electrons. The van der Waals surface area contributed by atoms with Crippen molar-refractivity contribution in [1.82, 2.24) is 5.32 Å². The number of carbonyl (C=O) groups is 2. The number of esters is 1. The van der Waals surface area contributed by atoms with Gasteiger partial charge in [-0.15, -0.1) is 0 Å². The number of nitrogens with one attached hydrogen (secondary N) is 1. The number of hydrogen-bond acceptors (Lipinski definition) is 3. The number of ether oxygens (including phenoxy) is 1. The van der Waals surface area contributed by atoms with E-state index in [9.17, 15) is 9.59 Å². The molecule has 1 aromatic rings. The zero-order chi connectivity index (χ0) is 15.3. The summed E-state index contributed by atoms with van der Waals surface area (Å²) in [6.45, 7) is 3.57. The van der Waals surface area contributed by atoms with Crippen LogP contribution in [0.5, 0.6) is 0 Å². The highest BCUT2D eigenvalue weighted by Crippen LogP contribution is 2.22. The SMILES string of the molecule is CCCC(C)(NC(=O)c1cc(Br)ccc1Cl)C(=O)OC. The second kappa shape index (κ2) is 7.09. The van der Waals surface area contributed by atoms with E-state index in [1.807, 2.05) is 6.92 Å². The van der Waals surface area contributed by atoms with Gasteiger partial charge < -0.3 is 10.1 Å². The molecule has 0 spiro atoms. The van der Waals surface area contributed by atoms with Crippen LogP contribution in [0.1, 0.15) is 37.0 Å². The first-order valence-electron chi connectivity index (χ1n) is 6.20. The summed E-state index contributed by atoms with van der Waals surface area (Å²) in [5.41, 5.74) is -0.751. The van der Waals surface area contributed by atoms with E-state index in [1.54, 1.807) is 25.1 Å². The van der Waals surface area contributed by atoms with E-state index in [-0.39, 0.29) is 0 Å². The maximum absolute atomic E-state index is 12.3. The van der Waals surface area contributed by atoms with Crippen molar-refractivity contribution in [1.29, 1.82) is 0 Å². The van der Waals surface area contributed by atoms with Crippen molar-refractivity contribution in [3.63, 3.8) is 0 Å². The van der Waals surface area contributed by atoms with Crippen molar-refractivity contribution < 1.29 is 14.3 Å². The molecule has 1 aromatic carbocycles. The standard InChI is InChI=1S/C14H17BrClNO3/c1-4-7-14(2,13(19)20-3)17-12(18)10-8-9(15)5-6-11(10)16/h5-6,8H,4,7H2,1-3H3,(H,17,18). The van der Waals surface area contributed by atoms with Gasteiger partial charge in [-0.2, -0.15) is 0 Å². The molecule has 0 saturated heterocycles. The highest BCUT2D eigenvalue weighted by atomic mass is 79.9. The third-order valence-electron chi connectivity index (χ3n) is 2.95. The van der Waals surface area contributed by atoms with Crippen molar-refractivity contribution in [3.05, 3.63) is 33.3 Å². The van der Waals surface area contributed by atoms with Crippen LogP contribution >= 0.6 is 27.5 Å². The van der Waals surface area contributed by atoms with Crippen LogP contribution < -0.4 is 5.32 Å². The molecule has 0 aromatic heterocycles. The van der Waals surface area contributed by atoms with Gasteiger partial charge >= 0.3 is 5.97 Å². The average molecular weight is 363 g/mol. The van der Waals surface area contributed by atoms with E-state index in [0.29, 0.717) is 17.0 Å². The molecular weight excluding hydrogens is 346 g/mol. The Bertz CT molecular complexity index is 521. The Morgan fingerprint density at radius 2 is 2.10 bits per heavy atom. The van der Waals surface area contributed by atoms with E-state index in [4.69, 9.17) is 16.3 Å². The third-order valence-corrected chi connectivity index (χ3v) is 3.77. The van der Waals surface area contributed by atoms with Crippen molar-refractivity contribution in [2.45, 2.75) is 32.2 Å². The van der Waals surface area contributed by atoms with Gasteiger partial charge in [0.1, 0.15) is 5.54 Å². The molecule has 0 heterocycles. The van der Waals surface area contributed by atoms with Gasteiger partial charge in [-0.3, -0.25) is 4.79 Å². The molecule has 1 N–H and O–H groups in total. The number of hydrogen-bond donors (Lipinski definition) is 1. The topological polar surface area (TPSA) is 55.4 Å². The number of methoxy groups -OCH3 is 1. The van der Waals surface area contributed by atoms with Crippen molar-refractivity contribution in [3.8, 4) is 0 Å². The normalized spacial score (nSPS) is 13.4. The van der Waals surface area contributed by atoms with E-state index < -0.39 is 17.4 Å². The van der Waals surface area contributed by atoms with Gasteiger partial charge in [-0.05, 0) is 31.5 Å². The molecule has 0 bridgehead atoms. The largest absolute Gasteiger partial charge is 0.467 e. The summed E-state index contributed by atoms with van der Waals surface area (Å²) in [5.74, 6) is -0.878. The van der Waals surface area contributed by atoms with E-state index in [0.717, 1.165) is 10.9 Å². The highest BCUT2D eigenvalue weighted by Gasteiger charge is 2.35. The van der Waals surface area contributed by atoms with Crippen LogP contribution in [-0.4, -0.2) is 24.5 Å². The van der Waals surface area contributed by atoms with Gasteiger partial charge in [0.05, 0.1) is 17.7 Å². The zero-order valence-corrected chi connectivity index (χ0v) is 14.0. The molecule has 20 heavy (non-hydrogen) atoms. The highest BCUT2D eigenvalue weighted by molar-refractivity contribution is 9.10. The maximum atomic E-state index is 12.3. The molecule has 1 atom stereocenters. The van der Waals surface area contributed by atoms with Crippen LogP contribution in [0.2, 0.25) is 5.02 Å². The van der Waals surface area contributed by atoms with E-state index in [2.05, 4.69) is 21.2 Å². The molecule has 6 heteroatoms. The molecule has 1 unspecified atom stereocenters. The Labute approximate surface area is 132 Å². The fraction of sp³-hybridized carbons (Fsp3) is 0.429. The lowest BCUT2D eigenvalue weighted by Crippen LogP contribution is -2.52. The van der Waals surface area contributed by atoms with Crippen LogP contribution in [0.3, 0.4) is 0 Å². The van der Waals surface area contributed by atoms with Gasteiger partial charge in [-0.25, -0.2) is 4.79 Å². The Hall–Kier alpha value is -1.07. The number of carbonyl (C=O) groups excluding carboxylic acids is 2. The van der Waals surface area contributed by atoms with Gasteiger partial charge in [0, 0.05) is 4.47 Å². The van der Waals surface area contributed by atoms with Crippen LogP contribution in [-0.2, 0) is 9.53 Å². The minimum atomic E-state index is -1.06. The molecule has 0 saturated carbocycles. The predicted molar refractivity (Wildman–Crippen MR) is 81.9 cm³/mol. The molecule has 0 fully saturated rings. The van der Waals surface area contributed by atoms with Crippen LogP contribution in [0.15, 0.2) is 22.7 Å². The maximum Gasteiger partial charge on any atom is 0.331 e. The molecule has 1 rings (SSSR count). The minimum Gasteiger partial charge on any atom is -0.467 e. The first-order valence-corrected chi connectivity index (χ1v) is 7.37. The Morgan fingerprint density at radius 3 is 2.65 bits per heavy atom. The lowest BCUT2D eigenvalue weighted by atomic mass is 9.95. The predicted octanol–water partition coefficient (Wildman–Crippen LogP) is 3.56. The van der Waals surface area contributed by atoms with Crippen molar-refractivity contribution in [2.75, 3.05) is 7.11 Å². The van der Waals surface area contributed by atoms with Crippen LogP contribution in [0.25, 0.3) is 0 Å². The lowest BCUT2D eigenvalue weighted by molar-refractivity contribution is -0.147. The van der Waals surface area contributed by atoms with E-state index >= 15 is 0 Å². The second-order valence-corrected chi connectivity index (χ2v) is 5.97. The Kier molecular flexibility index (Phi) is 6.02. The minimum absolute atomic E-state index is 0.312. The molecule has 0 radical (unpaired) electrons. The Morgan fingerprint density at radius 1 is 1.45 bits per heavy atom. The summed E-state index contributed by atoms with van der Waals surface area (Å²) in [4.78, 5) is 24.2.